The zero-order chi connectivity index (χ0) is 13.6. The average molecular weight is 254 g/mol. The van der Waals surface area contributed by atoms with Gasteiger partial charge in [-0.25, -0.2) is 8.78 Å². The topological polar surface area (TPSA) is 15.3 Å². The van der Waals surface area contributed by atoms with Crippen molar-refractivity contribution in [2.24, 2.45) is 0 Å². The van der Waals surface area contributed by atoms with Gasteiger partial charge in [-0.1, -0.05) is 0 Å². The van der Waals surface area contributed by atoms with Crippen molar-refractivity contribution in [3.8, 4) is 0 Å². The maximum Gasteiger partial charge on any atom is 0.160 e. The summed E-state index contributed by atoms with van der Waals surface area (Å²) in [6.45, 7) is 9.98. The van der Waals surface area contributed by atoms with Crippen LogP contribution in [0.4, 0.5) is 14.5 Å². The van der Waals surface area contributed by atoms with Crippen molar-refractivity contribution < 1.29 is 8.78 Å². The van der Waals surface area contributed by atoms with E-state index in [1.165, 1.54) is 12.1 Å². The molecule has 1 aliphatic heterocycles. The van der Waals surface area contributed by atoms with Crippen molar-refractivity contribution in [1.29, 1.82) is 0 Å². The van der Waals surface area contributed by atoms with Crippen molar-refractivity contribution in [2.45, 2.75) is 38.8 Å². The summed E-state index contributed by atoms with van der Waals surface area (Å²) in [4.78, 5) is 2.10. The second kappa shape index (κ2) is 4.19. The van der Waals surface area contributed by atoms with Gasteiger partial charge in [0.1, 0.15) is 0 Å². The highest BCUT2D eigenvalue weighted by Crippen LogP contribution is 2.27. The van der Waals surface area contributed by atoms with E-state index in [0.717, 1.165) is 18.8 Å². The van der Waals surface area contributed by atoms with Crippen LogP contribution in [0.15, 0.2) is 18.2 Å². The Kier molecular flexibility index (Phi) is 3.09. The second-order valence-electron chi connectivity index (χ2n) is 6.35. The van der Waals surface area contributed by atoms with Crippen LogP contribution in [0.2, 0.25) is 0 Å². The van der Waals surface area contributed by atoms with Gasteiger partial charge in [-0.15, -0.1) is 0 Å². The Morgan fingerprint density at radius 1 is 1.00 bits per heavy atom. The Morgan fingerprint density at radius 2 is 1.56 bits per heavy atom. The minimum absolute atomic E-state index is 0.0629. The minimum atomic E-state index is -0.799. The van der Waals surface area contributed by atoms with Gasteiger partial charge in [0.25, 0.3) is 0 Å². The standard InChI is InChI=1S/C14H20F2N2/c1-13(2)8-18(9-14(3,4)17-13)10-5-6-11(15)12(16)7-10/h5-7,17H,8-9H2,1-4H3. The van der Waals surface area contributed by atoms with Crippen LogP contribution in [0.5, 0.6) is 0 Å². The largest absolute Gasteiger partial charge is 0.368 e. The van der Waals surface area contributed by atoms with Crippen LogP contribution < -0.4 is 10.2 Å². The third-order valence-electron chi connectivity index (χ3n) is 3.12. The molecule has 1 N–H and O–H groups in total. The van der Waals surface area contributed by atoms with Crippen LogP contribution in [-0.2, 0) is 0 Å². The summed E-state index contributed by atoms with van der Waals surface area (Å²) in [7, 11) is 0. The molecular formula is C14H20F2N2. The first-order chi connectivity index (χ1) is 8.19. The molecule has 1 aromatic carbocycles. The molecule has 0 aliphatic carbocycles. The first-order valence-corrected chi connectivity index (χ1v) is 6.18. The normalized spacial score (nSPS) is 22.0. The lowest BCUT2D eigenvalue weighted by Gasteiger charge is -2.49. The van der Waals surface area contributed by atoms with Gasteiger partial charge in [0.05, 0.1) is 0 Å². The van der Waals surface area contributed by atoms with E-state index >= 15 is 0 Å². The third kappa shape index (κ3) is 2.80. The van der Waals surface area contributed by atoms with Crippen molar-refractivity contribution in [3.63, 3.8) is 0 Å². The molecule has 1 fully saturated rings. The van der Waals surface area contributed by atoms with Crippen LogP contribution in [0.1, 0.15) is 27.7 Å². The van der Waals surface area contributed by atoms with Crippen LogP contribution in [0, 0.1) is 11.6 Å². The summed E-state index contributed by atoms with van der Waals surface area (Å²) in [5, 5.41) is 3.55. The van der Waals surface area contributed by atoms with Gasteiger partial charge in [-0.3, -0.25) is 0 Å². The highest BCUT2D eigenvalue weighted by atomic mass is 19.2. The van der Waals surface area contributed by atoms with Crippen molar-refractivity contribution in [1.82, 2.24) is 5.32 Å². The lowest BCUT2D eigenvalue weighted by Crippen LogP contribution is -2.67. The number of nitrogens with one attached hydrogen (secondary N) is 1. The molecular weight excluding hydrogens is 234 g/mol. The van der Waals surface area contributed by atoms with Gasteiger partial charge in [-0.2, -0.15) is 0 Å². The predicted octanol–water partition coefficient (Wildman–Crippen LogP) is 2.93. The molecule has 0 spiro atoms. The van der Waals surface area contributed by atoms with Gasteiger partial charge < -0.3 is 10.2 Å². The minimum Gasteiger partial charge on any atom is -0.368 e. The first-order valence-electron chi connectivity index (χ1n) is 6.18. The number of anilines is 1. The van der Waals surface area contributed by atoms with Crippen LogP contribution >= 0.6 is 0 Å². The average Bonchev–Trinajstić information content (AvgIpc) is 2.17. The van der Waals surface area contributed by atoms with E-state index in [2.05, 4.69) is 37.9 Å². The molecule has 0 bridgehead atoms. The van der Waals surface area contributed by atoms with Gasteiger partial charge in [0.2, 0.25) is 0 Å². The Bertz CT molecular complexity index is 439. The summed E-state index contributed by atoms with van der Waals surface area (Å²) < 4.78 is 26.3. The number of hydrogen-bond donors (Lipinski definition) is 1. The fourth-order valence-corrected chi connectivity index (χ4v) is 2.87. The second-order valence-corrected chi connectivity index (χ2v) is 6.35. The van der Waals surface area contributed by atoms with E-state index in [9.17, 15) is 8.78 Å². The van der Waals surface area contributed by atoms with E-state index < -0.39 is 11.6 Å². The molecule has 0 atom stereocenters. The molecule has 0 saturated carbocycles. The summed E-state index contributed by atoms with van der Waals surface area (Å²) in [6.07, 6.45) is 0. The smallest absolute Gasteiger partial charge is 0.160 e. The lowest BCUT2D eigenvalue weighted by molar-refractivity contribution is 0.226. The van der Waals surface area contributed by atoms with Crippen molar-refractivity contribution in [3.05, 3.63) is 29.8 Å². The quantitative estimate of drug-likeness (QED) is 0.829. The first kappa shape index (κ1) is 13.3. The molecule has 4 heteroatoms. The third-order valence-corrected chi connectivity index (χ3v) is 3.12. The van der Waals surface area contributed by atoms with E-state index in [0.29, 0.717) is 0 Å². The molecule has 18 heavy (non-hydrogen) atoms. The fourth-order valence-electron chi connectivity index (χ4n) is 2.87. The van der Waals surface area contributed by atoms with Crippen LogP contribution in [-0.4, -0.2) is 24.2 Å². The monoisotopic (exact) mass is 254 g/mol. The molecule has 100 valence electrons. The predicted molar refractivity (Wildman–Crippen MR) is 69.9 cm³/mol. The summed E-state index contributed by atoms with van der Waals surface area (Å²) in [6, 6.07) is 4.09. The van der Waals surface area contributed by atoms with E-state index in [-0.39, 0.29) is 11.1 Å². The Morgan fingerprint density at radius 3 is 2.06 bits per heavy atom. The molecule has 0 aromatic heterocycles. The fraction of sp³-hybridized carbons (Fsp3) is 0.571. The number of nitrogens with zero attached hydrogens (tertiary/aromatic N) is 1. The lowest BCUT2D eigenvalue weighted by atomic mass is 9.91. The number of halogens is 2. The molecule has 0 amide bonds. The SMILES string of the molecule is CC1(C)CN(c2ccc(F)c(F)c2)CC(C)(C)N1. The molecule has 1 aliphatic rings. The summed E-state index contributed by atoms with van der Waals surface area (Å²) in [5.41, 5.74) is 0.607. The van der Waals surface area contributed by atoms with Crippen molar-refractivity contribution in [2.75, 3.05) is 18.0 Å². The molecule has 1 saturated heterocycles. The van der Waals surface area contributed by atoms with Gasteiger partial charge in [-0.05, 0) is 39.8 Å². The number of piperazine rings is 1. The molecule has 2 rings (SSSR count). The summed E-state index contributed by atoms with van der Waals surface area (Å²) in [5.74, 6) is -1.59. The number of benzene rings is 1. The molecule has 1 heterocycles. The Labute approximate surface area is 107 Å². The molecule has 0 radical (unpaired) electrons. The van der Waals surface area contributed by atoms with Crippen LogP contribution in [0.3, 0.4) is 0 Å². The maximum atomic E-state index is 13.3. The van der Waals surface area contributed by atoms with Crippen molar-refractivity contribution >= 4 is 5.69 Å². The molecule has 2 nitrogen and oxygen atoms in total. The molecule has 0 unspecified atom stereocenters. The van der Waals surface area contributed by atoms with Gasteiger partial charge >= 0.3 is 0 Å². The van der Waals surface area contributed by atoms with Gasteiger partial charge in [0.15, 0.2) is 11.6 Å². The van der Waals surface area contributed by atoms with Gasteiger partial charge in [0, 0.05) is 35.9 Å². The Hall–Kier alpha value is -1.16. The zero-order valence-corrected chi connectivity index (χ0v) is 11.3. The maximum absolute atomic E-state index is 13.3. The number of hydrogen-bond acceptors (Lipinski definition) is 2. The van der Waals surface area contributed by atoms with E-state index in [1.54, 1.807) is 6.07 Å². The zero-order valence-electron chi connectivity index (χ0n) is 11.3. The van der Waals surface area contributed by atoms with Crippen LogP contribution in [0.25, 0.3) is 0 Å². The van der Waals surface area contributed by atoms with E-state index in [4.69, 9.17) is 0 Å². The Balaban J connectivity index is 2.29. The molecule has 1 aromatic rings. The highest BCUT2D eigenvalue weighted by Gasteiger charge is 2.36. The highest BCUT2D eigenvalue weighted by molar-refractivity contribution is 5.48. The van der Waals surface area contributed by atoms with E-state index in [1.807, 2.05) is 0 Å². The number of rotatable bonds is 1. The summed E-state index contributed by atoms with van der Waals surface area (Å²) >= 11 is 0.